The smallest absolute Gasteiger partial charge is 0.124 e. The Morgan fingerprint density at radius 3 is 2.10 bits per heavy atom. The van der Waals surface area contributed by atoms with Crippen molar-refractivity contribution in [2.24, 2.45) is 0 Å². The Morgan fingerprint density at radius 1 is 0.460 bits per heavy atom. The average Bonchev–Trinajstić information content (AvgIpc) is 4.10. The molecule has 13 aromatic rings. The minimum Gasteiger partial charge on any atom is -0.333 e. The van der Waals surface area contributed by atoms with E-state index in [0.717, 1.165) is 17.1 Å². The van der Waals surface area contributed by atoms with E-state index in [1.165, 1.54) is 125 Å². The molecule has 0 spiro atoms. The third-order valence-electron chi connectivity index (χ3n) is 14.1. The van der Waals surface area contributed by atoms with E-state index in [2.05, 4.69) is 203 Å². The lowest BCUT2D eigenvalue weighted by Crippen LogP contribution is -2.06. The minimum atomic E-state index is 0.277. The zero-order chi connectivity index (χ0) is 40.9. The monoisotopic (exact) mass is 817 g/mol. The van der Waals surface area contributed by atoms with Crippen molar-refractivity contribution < 1.29 is 0 Å². The van der Waals surface area contributed by atoms with Gasteiger partial charge in [0.25, 0.3) is 0 Å². The van der Waals surface area contributed by atoms with Gasteiger partial charge in [-0.2, -0.15) is 0 Å². The van der Waals surface area contributed by atoms with Crippen molar-refractivity contribution in [1.29, 1.82) is 0 Å². The second-order valence-corrected chi connectivity index (χ2v) is 18.4. The van der Waals surface area contributed by atoms with Crippen LogP contribution < -0.4 is 0 Å². The van der Waals surface area contributed by atoms with Crippen molar-refractivity contribution in [3.8, 4) is 49.1 Å². The molecule has 3 nitrogen and oxygen atoms in total. The molecule has 1 unspecified atom stereocenters. The Morgan fingerprint density at radius 2 is 1.21 bits per heavy atom. The second kappa shape index (κ2) is 12.4. The van der Waals surface area contributed by atoms with Gasteiger partial charge in [0.05, 0.1) is 38.9 Å². The van der Waals surface area contributed by atoms with E-state index in [0.29, 0.717) is 0 Å². The number of aromatic nitrogens is 3. The Bertz CT molecular complexity index is 4180. The first kappa shape index (κ1) is 33.9. The molecule has 292 valence electrons. The summed E-state index contributed by atoms with van der Waals surface area (Å²) in [6.07, 6.45) is 9.98. The zero-order valence-corrected chi connectivity index (χ0v) is 34.8. The summed E-state index contributed by atoms with van der Waals surface area (Å²) in [5, 5.41) is 16.6. The predicted octanol–water partition coefficient (Wildman–Crippen LogP) is 16.4. The zero-order valence-electron chi connectivity index (χ0n) is 34.0. The van der Waals surface area contributed by atoms with Crippen molar-refractivity contribution in [3.05, 3.63) is 194 Å². The molecule has 2 aliphatic carbocycles. The highest BCUT2D eigenvalue weighted by Gasteiger charge is 2.29. The number of para-hydroxylation sites is 1. The molecule has 3 heterocycles. The normalized spacial score (nSPS) is 14.6. The predicted molar refractivity (Wildman–Crippen MR) is 268 cm³/mol. The lowest BCUT2D eigenvalue weighted by Gasteiger charge is -2.18. The molecule has 0 N–H and O–H groups in total. The Hall–Kier alpha value is -7.79. The fraction of sp³-hybridized carbons (Fsp3) is 0.0339. The molecule has 0 saturated carbocycles. The maximum absolute atomic E-state index is 5.27. The van der Waals surface area contributed by atoms with Gasteiger partial charge in [-0.05, 0) is 98.4 Å². The van der Waals surface area contributed by atoms with Crippen LogP contribution in [0.5, 0.6) is 0 Å². The molecule has 10 aromatic carbocycles. The maximum atomic E-state index is 5.27. The van der Waals surface area contributed by atoms with Gasteiger partial charge in [-0.3, -0.25) is 0 Å². The van der Waals surface area contributed by atoms with Crippen LogP contribution in [-0.2, 0) is 0 Å². The van der Waals surface area contributed by atoms with Gasteiger partial charge in [-0.1, -0.05) is 146 Å². The fourth-order valence-corrected chi connectivity index (χ4v) is 12.5. The molecule has 0 amide bonds. The summed E-state index contributed by atoms with van der Waals surface area (Å²) in [6, 6.07) is 63.9. The first-order valence-corrected chi connectivity index (χ1v) is 22.7. The molecule has 3 aromatic heterocycles. The third kappa shape index (κ3) is 4.55. The highest BCUT2D eigenvalue weighted by molar-refractivity contribution is 7.19. The highest BCUT2D eigenvalue weighted by Crippen LogP contribution is 2.55. The minimum absolute atomic E-state index is 0.277. The molecule has 15 rings (SSSR count). The number of fused-ring (bicyclic) bond motifs is 11. The van der Waals surface area contributed by atoms with Gasteiger partial charge in [0.2, 0.25) is 0 Å². The van der Waals surface area contributed by atoms with Gasteiger partial charge < -0.3 is 9.13 Å². The number of benzene rings is 10. The lowest BCUT2D eigenvalue weighted by atomic mass is 9.90. The van der Waals surface area contributed by atoms with Gasteiger partial charge in [-0.25, -0.2) is 4.98 Å². The molecular weight excluding hydrogens is 783 g/mol. The molecular formula is C59H35N3S. The molecule has 63 heavy (non-hydrogen) atoms. The summed E-state index contributed by atoms with van der Waals surface area (Å²) in [4.78, 5) is 6.54. The molecule has 1 atom stereocenters. The van der Waals surface area contributed by atoms with Crippen LogP contribution >= 0.6 is 11.3 Å². The van der Waals surface area contributed by atoms with E-state index < -0.39 is 0 Å². The summed E-state index contributed by atoms with van der Waals surface area (Å²) in [6.45, 7) is 0. The van der Waals surface area contributed by atoms with Crippen LogP contribution in [0.25, 0.3) is 136 Å². The van der Waals surface area contributed by atoms with Gasteiger partial charge in [-0.15, -0.1) is 11.3 Å². The summed E-state index contributed by atoms with van der Waals surface area (Å²) in [5.74, 6) is 0. The molecule has 4 heteroatoms. The van der Waals surface area contributed by atoms with Crippen LogP contribution in [-0.4, -0.2) is 14.1 Å². The van der Waals surface area contributed by atoms with Crippen molar-refractivity contribution in [2.75, 3.05) is 0 Å². The van der Waals surface area contributed by atoms with Crippen molar-refractivity contribution in [1.82, 2.24) is 14.1 Å². The first-order chi connectivity index (χ1) is 31.2. The van der Waals surface area contributed by atoms with E-state index >= 15 is 0 Å². The molecule has 0 radical (unpaired) electrons. The third-order valence-corrected chi connectivity index (χ3v) is 15.3. The number of rotatable bonds is 4. The Kier molecular flexibility index (Phi) is 6.67. The quantitative estimate of drug-likeness (QED) is 0.162. The number of hydrogen-bond donors (Lipinski definition) is 0. The van der Waals surface area contributed by atoms with Crippen molar-refractivity contribution >= 4 is 98.0 Å². The second-order valence-electron chi connectivity index (χ2n) is 17.4. The van der Waals surface area contributed by atoms with Gasteiger partial charge in [0.1, 0.15) is 5.01 Å². The molecule has 0 saturated heterocycles. The maximum Gasteiger partial charge on any atom is 0.124 e. The molecule has 0 aliphatic heterocycles. The van der Waals surface area contributed by atoms with E-state index in [9.17, 15) is 0 Å². The molecule has 0 fully saturated rings. The molecule has 0 bridgehead atoms. The number of thiazole rings is 1. The van der Waals surface area contributed by atoms with Gasteiger partial charge in [0, 0.05) is 54.5 Å². The van der Waals surface area contributed by atoms with E-state index in [4.69, 9.17) is 4.98 Å². The summed E-state index contributed by atoms with van der Waals surface area (Å²) >= 11 is 1.81. The van der Waals surface area contributed by atoms with Crippen molar-refractivity contribution in [3.63, 3.8) is 0 Å². The number of nitrogens with zero attached hydrogens (tertiary/aromatic N) is 3. The van der Waals surface area contributed by atoms with Gasteiger partial charge >= 0.3 is 0 Å². The van der Waals surface area contributed by atoms with E-state index in [-0.39, 0.29) is 6.04 Å². The number of allylic oxidation sites excluding steroid dienone is 4. The van der Waals surface area contributed by atoms with Crippen LogP contribution in [0.1, 0.15) is 12.5 Å². The average molecular weight is 818 g/mol. The Labute approximate surface area is 366 Å². The molecule has 2 aliphatic rings. The van der Waals surface area contributed by atoms with E-state index in [1.807, 2.05) is 11.3 Å². The van der Waals surface area contributed by atoms with Crippen molar-refractivity contribution in [2.45, 2.75) is 12.5 Å². The van der Waals surface area contributed by atoms with Crippen LogP contribution in [0, 0.1) is 0 Å². The van der Waals surface area contributed by atoms with Crippen LogP contribution in [0.15, 0.2) is 194 Å². The van der Waals surface area contributed by atoms with Crippen LogP contribution in [0.4, 0.5) is 0 Å². The summed E-state index contributed by atoms with van der Waals surface area (Å²) in [5.41, 5.74) is 13.5. The number of hydrogen-bond acceptors (Lipinski definition) is 2. The SMILES string of the molecule is C1=CCC(n2c3ccc(-c4ccc5c(c4)c4ccccc4n5-c4ccc5cc6c7c(ccc8ccc4c5c87)-c4nc(-c5ccccc5)sc4-6)cc3c3c4ccccc4ccc32)C=C1. The standard InChI is InChI=1S/C59H35N3S/c1-3-12-36(13-4-1)59-60-57-44-26-20-35-19-25-43-49(29-24-39-33-47(58(57)63-59)56(44)54(35)53(39)43)62-48-18-10-9-17-42(48)45-31-37(22-27-50(45)62)38-23-28-51-46(32-38)55-41-16-8-7-11-34(41)21-30-52(55)61(51)40-14-5-2-6-15-40/h1-14,16-33,40H,15H2. The fourth-order valence-electron chi connectivity index (χ4n) is 11.4. The lowest BCUT2D eigenvalue weighted by molar-refractivity contribution is 0.648. The summed E-state index contributed by atoms with van der Waals surface area (Å²) in [7, 11) is 0. The Balaban J connectivity index is 0.920. The van der Waals surface area contributed by atoms with Crippen LogP contribution in [0.2, 0.25) is 0 Å². The van der Waals surface area contributed by atoms with Crippen LogP contribution in [0.3, 0.4) is 0 Å². The largest absolute Gasteiger partial charge is 0.333 e. The highest BCUT2D eigenvalue weighted by atomic mass is 32.1. The van der Waals surface area contributed by atoms with E-state index in [1.54, 1.807) is 0 Å². The first-order valence-electron chi connectivity index (χ1n) is 21.9. The van der Waals surface area contributed by atoms with Gasteiger partial charge in [0.15, 0.2) is 0 Å². The summed E-state index contributed by atoms with van der Waals surface area (Å²) < 4.78 is 5.06. The topological polar surface area (TPSA) is 22.8 Å².